The van der Waals surface area contributed by atoms with E-state index in [0.717, 1.165) is 22.4 Å². The monoisotopic (exact) mass is 449 g/mol. The van der Waals surface area contributed by atoms with Crippen LogP contribution >= 0.6 is 0 Å². The molecular formula is C30H27NO3. The van der Waals surface area contributed by atoms with E-state index in [0.29, 0.717) is 24.1 Å². The van der Waals surface area contributed by atoms with Gasteiger partial charge in [-0.1, -0.05) is 97.6 Å². The molecule has 5 rings (SSSR count). The SMILES string of the molecule is C=C1NC2=C(C(=O)CC(c3ccccc3)C2)C(c2ccccc2)C1C(=O)OCc1ccccc1. The zero-order valence-corrected chi connectivity index (χ0v) is 18.9. The maximum Gasteiger partial charge on any atom is 0.316 e. The Labute approximate surface area is 200 Å². The van der Waals surface area contributed by atoms with E-state index < -0.39 is 11.8 Å². The van der Waals surface area contributed by atoms with E-state index in [1.807, 2.05) is 78.9 Å². The van der Waals surface area contributed by atoms with Gasteiger partial charge in [0.05, 0.1) is 0 Å². The van der Waals surface area contributed by atoms with Crippen molar-refractivity contribution in [1.29, 1.82) is 0 Å². The number of carbonyl (C=O) groups is 2. The van der Waals surface area contributed by atoms with Crippen LogP contribution in [0, 0.1) is 5.92 Å². The average Bonchev–Trinajstić information content (AvgIpc) is 2.88. The van der Waals surface area contributed by atoms with Crippen LogP contribution in [0.2, 0.25) is 0 Å². The lowest BCUT2D eigenvalue weighted by Gasteiger charge is -2.40. The molecule has 3 aromatic rings. The summed E-state index contributed by atoms with van der Waals surface area (Å²) in [6.45, 7) is 4.39. The molecule has 4 nitrogen and oxygen atoms in total. The number of benzene rings is 3. The topological polar surface area (TPSA) is 55.4 Å². The van der Waals surface area contributed by atoms with Gasteiger partial charge in [-0.25, -0.2) is 0 Å². The Bertz CT molecular complexity index is 1230. The Morgan fingerprint density at radius 3 is 2.09 bits per heavy atom. The van der Waals surface area contributed by atoms with Crippen molar-refractivity contribution in [1.82, 2.24) is 5.32 Å². The van der Waals surface area contributed by atoms with Crippen molar-refractivity contribution in [3.8, 4) is 0 Å². The highest BCUT2D eigenvalue weighted by atomic mass is 16.5. The number of nitrogens with one attached hydrogen (secondary N) is 1. The van der Waals surface area contributed by atoms with Crippen LogP contribution in [0.25, 0.3) is 0 Å². The summed E-state index contributed by atoms with van der Waals surface area (Å²) in [5, 5.41) is 3.34. The number of ketones is 1. The quantitative estimate of drug-likeness (QED) is 0.512. The van der Waals surface area contributed by atoms with Crippen LogP contribution in [0.1, 0.15) is 41.4 Å². The van der Waals surface area contributed by atoms with Crippen LogP contribution in [0.15, 0.2) is 115 Å². The van der Waals surface area contributed by atoms with Crippen molar-refractivity contribution in [2.24, 2.45) is 5.92 Å². The van der Waals surface area contributed by atoms with E-state index in [1.54, 1.807) is 0 Å². The maximum atomic E-state index is 13.6. The van der Waals surface area contributed by atoms with E-state index in [4.69, 9.17) is 4.74 Å². The molecule has 0 fully saturated rings. The van der Waals surface area contributed by atoms with E-state index in [1.165, 1.54) is 0 Å². The Morgan fingerprint density at radius 1 is 0.853 bits per heavy atom. The number of Topliss-reactive ketones (excluding diaryl/α,β-unsaturated/α-hetero) is 1. The van der Waals surface area contributed by atoms with Crippen LogP contribution in [0.5, 0.6) is 0 Å². The van der Waals surface area contributed by atoms with Gasteiger partial charge in [0, 0.05) is 29.3 Å². The minimum atomic E-state index is -0.679. The van der Waals surface area contributed by atoms with E-state index in [-0.39, 0.29) is 24.3 Å². The molecule has 3 atom stereocenters. The van der Waals surface area contributed by atoms with Crippen molar-refractivity contribution in [2.45, 2.75) is 31.3 Å². The Hall–Kier alpha value is -3.92. The Morgan fingerprint density at radius 2 is 1.44 bits per heavy atom. The van der Waals surface area contributed by atoms with Gasteiger partial charge in [0.15, 0.2) is 5.78 Å². The third kappa shape index (κ3) is 4.32. The summed E-state index contributed by atoms with van der Waals surface area (Å²) in [4.78, 5) is 26.9. The van der Waals surface area contributed by atoms with Gasteiger partial charge in [-0.2, -0.15) is 0 Å². The minimum Gasteiger partial charge on any atom is -0.460 e. The molecule has 170 valence electrons. The lowest BCUT2D eigenvalue weighted by atomic mass is 9.69. The first kappa shape index (κ1) is 21.9. The van der Waals surface area contributed by atoms with Crippen LogP contribution in [0.4, 0.5) is 0 Å². The summed E-state index contributed by atoms with van der Waals surface area (Å²) in [6, 6.07) is 29.5. The number of hydrogen-bond donors (Lipinski definition) is 1. The summed E-state index contributed by atoms with van der Waals surface area (Å²) in [7, 11) is 0. The molecule has 0 aromatic heterocycles. The highest BCUT2D eigenvalue weighted by Gasteiger charge is 2.45. The van der Waals surface area contributed by atoms with Crippen LogP contribution in [0.3, 0.4) is 0 Å². The molecule has 34 heavy (non-hydrogen) atoms. The van der Waals surface area contributed by atoms with E-state index in [9.17, 15) is 9.59 Å². The summed E-state index contributed by atoms with van der Waals surface area (Å²) in [5.41, 5.74) is 5.12. The van der Waals surface area contributed by atoms with Gasteiger partial charge in [-0.3, -0.25) is 9.59 Å². The predicted octanol–water partition coefficient (Wildman–Crippen LogP) is 5.65. The molecule has 3 unspecified atom stereocenters. The molecular weight excluding hydrogens is 422 g/mol. The molecule has 2 aliphatic rings. The van der Waals surface area contributed by atoms with Crippen LogP contribution in [-0.2, 0) is 20.9 Å². The van der Waals surface area contributed by atoms with Crippen molar-refractivity contribution in [3.05, 3.63) is 131 Å². The van der Waals surface area contributed by atoms with Crippen molar-refractivity contribution >= 4 is 11.8 Å². The number of rotatable bonds is 5. The molecule has 1 aliphatic heterocycles. The van der Waals surface area contributed by atoms with Crippen molar-refractivity contribution in [3.63, 3.8) is 0 Å². The molecule has 3 aromatic carbocycles. The van der Waals surface area contributed by atoms with E-state index in [2.05, 4.69) is 24.0 Å². The number of hydrogen-bond acceptors (Lipinski definition) is 4. The number of carbonyl (C=O) groups excluding carboxylic acids is 2. The zero-order valence-electron chi connectivity index (χ0n) is 18.9. The highest BCUT2D eigenvalue weighted by molar-refractivity contribution is 6.01. The lowest BCUT2D eigenvalue weighted by Crippen LogP contribution is -2.42. The van der Waals surface area contributed by atoms with Gasteiger partial charge in [-0.05, 0) is 29.0 Å². The smallest absolute Gasteiger partial charge is 0.316 e. The standard InChI is InChI=1S/C30H27NO3/c1-20-27(30(33)34-19-21-11-5-2-6-12-21)28(23-15-9-4-10-16-23)29-25(31-20)17-24(18-26(29)32)22-13-7-3-8-14-22/h2-16,24,27-28,31H,1,17-19H2. The zero-order chi connectivity index (χ0) is 23.5. The third-order valence-electron chi connectivity index (χ3n) is 6.75. The van der Waals surface area contributed by atoms with Gasteiger partial charge in [-0.15, -0.1) is 0 Å². The molecule has 1 aliphatic carbocycles. The Balaban J connectivity index is 1.49. The summed E-state index contributed by atoms with van der Waals surface area (Å²) in [5.74, 6) is -1.30. The lowest BCUT2D eigenvalue weighted by molar-refractivity contribution is -0.149. The largest absolute Gasteiger partial charge is 0.460 e. The second-order valence-electron chi connectivity index (χ2n) is 8.94. The molecule has 0 spiro atoms. The fourth-order valence-electron chi connectivity index (χ4n) is 5.13. The maximum absolute atomic E-state index is 13.6. The predicted molar refractivity (Wildman–Crippen MR) is 132 cm³/mol. The second kappa shape index (κ2) is 9.52. The van der Waals surface area contributed by atoms with E-state index >= 15 is 0 Å². The molecule has 0 saturated heterocycles. The molecule has 0 saturated carbocycles. The first-order valence-corrected chi connectivity index (χ1v) is 11.6. The summed E-state index contributed by atoms with van der Waals surface area (Å²) < 4.78 is 5.72. The molecule has 1 N–H and O–H groups in total. The Kier molecular flexibility index (Phi) is 6.13. The molecule has 4 heteroatoms. The summed E-state index contributed by atoms with van der Waals surface area (Å²) >= 11 is 0. The first-order valence-electron chi connectivity index (χ1n) is 11.6. The normalized spacial score (nSPS) is 22.1. The third-order valence-corrected chi connectivity index (χ3v) is 6.75. The van der Waals surface area contributed by atoms with Crippen LogP contribution in [-0.4, -0.2) is 11.8 Å². The molecule has 0 amide bonds. The number of allylic oxidation sites excluding steroid dienone is 2. The fourth-order valence-corrected chi connectivity index (χ4v) is 5.13. The first-order chi connectivity index (χ1) is 16.6. The second-order valence-corrected chi connectivity index (χ2v) is 8.94. The fraction of sp³-hybridized carbons (Fsp3) is 0.200. The number of ether oxygens (including phenoxy) is 1. The summed E-state index contributed by atoms with van der Waals surface area (Å²) in [6.07, 6.45) is 1.13. The van der Waals surface area contributed by atoms with Gasteiger partial charge >= 0.3 is 5.97 Å². The minimum absolute atomic E-state index is 0.0739. The van der Waals surface area contributed by atoms with Gasteiger partial charge in [0.2, 0.25) is 0 Å². The van der Waals surface area contributed by atoms with Crippen LogP contribution < -0.4 is 5.32 Å². The molecule has 1 heterocycles. The van der Waals surface area contributed by atoms with Crippen molar-refractivity contribution in [2.75, 3.05) is 0 Å². The van der Waals surface area contributed by atoms with Crippen molar-refractivity contribution < 1.29 is 14.3 Å². The average molecular weight is 450 g/mol. The van der Waals surface area contributed by atoms with Gasteiger partial charge in [0.1, 0.15) is 12.5 Å². The molecule has 0 bridgehead atoms. The number of esters is 1. The van der Waals surface area contributed by atoms with Gasteiger partial charge < -0.3 is 10.1 Å². The van der Waals surface area contributed by atoms with Gasteiger partial charge in [0.25, 0.3) is 0 Å². The molecule has 0 radical (unpaired) electrons. The highest BCUT2D eigenvalue weighted by Crippen LogP contribution is 2.47.